The zero-order valence-corrected chi connectivity index (χ0v) is 10.3. The molecule has 92 valence electrons. The Morgan fingerprint density at radius 2 is 1.61 bits per heavy atom. The van der Waals surface area contributed by atoms with Gasteiger partial charge in [-0.25, -0.2) is 0 Å². The molecule has 0 spiro atoms. The SMILES string of the molecule is Cc1cc(O)c(CC=Cc2ccccc2)c(O)c1. The van der Waals surface area contributed by atoms with Crippen molar-refractivity contribution in [2.75, 3.05) is 0 Å². The monoisotopic (exact) mass is 240 g/mol. The van der Waals surface area contributed by atoms with Gasteiger partial charge >= 0.3 is 0 Å². The molecule has 2 N–H and O–H groups in total. The summed E-state index contributed by atoms with van der Waals surface area (Å²) in [5.74, 6) is 0.287. The number of aryl methyl sites for hydroxylation is 1. The van der Waals surface area contributed by atoms with Gasteiger partial charge in [-0.1, -0.05) is 42.5 Å². The number of phenols is 2. The summed E-state index contributed by atoms with van der Waals surface area (Å²) in [6.07, 6.45) is 4.41. The van der Waals surface area contributed by atoms with Gasteiger partial charge < -0.3 is 10.2 Å². The predicted octanol–water partition coefficient (Wildman–Crippen LogP) is 3.66. The van der Waals surface area contributed by atoms with E-state index in [1.54, 1.807) is 12.1 Å². The first-order chi connectivity index (χ1) is 8.66. The highest BCUT2D eigenvalue weighted by Gasteiger charge is 2.06. The molecule has 0 aromatic heterocycles. The summed E-state index contributed by atoms with van der Waals surface area (Å²) in [4.78, 5) is 0. The molecule has 2 rings (SSSR count). The molecular weight excluding hydrogens is 224 g/mol. The molecule has 0 unspecified atom stereocenters. The molecule has 0 bridgehead atoms. The van der Waals surface area contributed by atoms with Gasteiger partial charge in [0.25, 0.3) is 0 Å². The molecule has 0 radical (unpaired) electrons. The largest absolute Gasteiger partial charge is 0.508 e. The second kappa shape index (κ2) is 5.41. The van der Waals surface area contributed by atoms with Gasteiger partial charge in [-0.15, -0.1) is 0 Å². The fourth-order valence-corrected chi connectivity index (χ4v) is 1.86. The van der Waals surface area contributed by atoms with Crippen molar-refractivity contribution in [1.29, 1.82) is 0 Å². The molecule has 2 aromatic rings. The first-order valence-electron chi connectivity index (χ1n) is 5.90. The van der Waals surface area contributed by atoms with Crippen LogP contribution in [-0.2, 0) is 6.42 Å². The van der Waals surface area contributed by atoms with Crippen LogP contribution < -0.4 is 0 Å². The van der Waals surface area contributed by atoms with Gasteiger partial charge in [0.1, 0.15) is 11.5 Å². The first-order valence-corrected chi connectivity index (χ1v) is 5.90. The smallest absolute Gasteiger partial charge is 0.123 e. The molecule has 0 atom stereocenters. The summed E-state index contributed by atoms with van der Waals surface area (Å²) in [5.41, 5.74) is 2.51. The van der Waals surface area contributed by atoms with Gasteiger partial charge in [0, 0.05) is 5.56 Å². The van der Waals surface area contributed by atoms with Crippen molar-refractivity contribution in [3.8, 4) is 11.5 Å². The van der Waals surface area contributed by atoms with Crippen LogP contribution in [0.1, 0.15) is 16.7 Å². The van der Waals surface area contributed by atoms with Crippen molar-refractivity contribution < 1.29 is 10.2 Å². The number of benzene rings is 2. The number of phenolic OH excluding ortho intramolecular Hbond substituents is 2. The van der Waals surface area contributed by atoms with E-state index in [0.717, 1.165) is 11.1 Å². The van der Waals surface area contributed by atoms with Crippen molar-refractivity contribution in [2.45, 2.75) is 13.3 Å². The van der Waals surface area contributed by atoms with E-state index in [0.29, 0.717) is 12.0 Å². The molecule has 0 saturated heterocycles. The maximum Gasteiger partial charge on any atom is 0.123 e. The van der Waals surface area contributed by atoms with Crippen LogP contribution in [0.15, 0.2) is 48.5 Å². The molecule has 2 aromatic carbocycles. The van der Waals surface area contributed by atoms with Gasteiger partial charge in [-0.3, -0.25) is 0 Å². The number of hydrogen-bond donors (Lipinski definition) is 2. The van der Waals surface area contributed by atoms with E-state index in [1.807, 2.05) is 49.4 Å². The number of allylic oxidation sites excluding steroid dienone is 1. The Kier molecular flexibility index (Phi) is 3.68. The van der Waals surface area contributed by atoms with Crippen LogP contribution in [-0.4, -0.2) is 10.2 Å². The Morgan fingerprint density at radius 1 is 1.00 bits per heavy atom. The lowest BCUT2D eigenvalue weighted by Crippen LogP contribution is -1.86. The van der Waals surface area contributed by atoms with Gasteiger partial charge in [-0.2, -0.15) is 0 Å². The molecule has 2 nitrogen and oxygen atoms in total. The van der Waals surface area contributed by atoms with Crippen LogP contribution in [0, 0.1) is 6.92 Å². The van der Waals surface area contributed by atoms with E-state index in [2.05, 4.69) is 0 Å². The molecule has 0 aliphatic heterocycles. The molecule has 0 heterocycles. The third-order valence-corrected chi connectivity index (χ3v) is 2.78. The Hall–Kier alpha value is -2.22. The second-order valence-corrected chi connectivity index (χ2v) is 4.30. The highest BCUT2D eigenvalue weighted by Crippen LogP contribution is 2.29. The zero-order chi connectivity index (χ0) is 13.0. The van der Waals surface area contributed by atoms with Crippen LogP contribution in [0.3, 0.4) is 0 Å². The molecular formula is C16H16O2. The standard InChI is InChI=1S/C16H16O2/c1-12-10-15(17)14(16(18)11-12)9-5-8-13-6-3-2-4-7-13/h2-8,10-11,17-18H,9H2,1H3. The minimum absolute atomic E-state index is 0.144. The van der Waals surface area contributed by atoms with Crippen molar-refractivity contribution >= 4 is 6.08 Å². The number of rotatable bonds is 3. The van der Waals surface area contributed by atoms with E-state index >= 15 is 0 Å². The normalized spacial score (nSPS) is 10.9. The van der Waals surface area contributed by atoms with Crippen molar-refractivity contribution in [2.24, 2.45) is 0 Å². The zero-order valence-electron chi connectivity index (χ0n) is 10.3. The lowest BCUT2D eigenvalue weighted by molar-refractivity contribution is 0.440. The van der Waals surface area contributed by atoms with Crippen LogP contribution in [0.4, 0.5) is 0 Å². The first kappa shape index (κ1) is 12.2. The summed E-state index contributed by atoms with van der Waals surface area (Å²) < 4.78 is 0. The third kappa shape index (κ3) is 2.92. The van der Waals surface area contributed by atoms with Crippen LogP contribution in [0.25, 0.3) is 6.08 Å². The summed E-state index contributed by atoms with van der Waals surface area (Å²) in [6.45, 7) is 1.84. The fraction of sp³-hybridized carbons (Fsp3) is 0.125. The van der Waals surface area contributed by atoms with Crippen LogP contribution >= 0.6 is 0 Å². The number of aromatic hydroxyl groups is 2. The number of hydrogen-bond acceptors (Lipinski definition) is 2. The summed E-state index contributed by atoms with van der Waals surface area (Å²) in [7, 11) is 0. The maximum absolute atomic E-state index is 9.78. The minimum Gasteiger partial charge on any atom is -0.508 e. The quantitative estimate of drug-likeness (QED) is 0.859. The molecule has 0 saturated carbocycles. The van der Waals surface area contributed by atoms with E-state index in [-0.39, 0.29) is 11.5 Å². The Morgan fingerprint density at radius 3 is 2.22 bits per heavy atom. The summed E-state index contributed by atoms with van der Waals surface area (Å²) in [6, 6.07) is 13.2. The van der Waals surface area contributed by atoms with E-state index < -0.39 is 0 Å². The topological polar surface area (TPSA) is 40.5 Å². The van der Waals surface area contributed by atoms with E-state index in [9.17, 15) is 10.2 Å². The Balaban J connectivity index is 2.14. The molecule has 0 aliphatic carbocycles. The van der Waals surface area contributed by atoms with E-state index in [4.69, 9.17) is 0 Å². The van der Waals surface area contributed by atoms with Crippen molar-refractivity contribution in [3.05, 3.63) is 65.2 Å². The Bertz CT molecular complexity index is 534. The van der Waals surface area contributed by atoms with Gasteiger partial charge in [-0.05, 0) is 36.6 Å². The maximum atomic E-state index is 9.78. The second-order valence-electron chi connectivity index (χ2n) is 4.30. The third-order valence-electron chi connectivity index (χ3n) is 2.78. The van der Waals surface area contributed by atoms with Crippen LogP contribution in [0.5, 0.6) is 11.5 Å². The van der Waals surface area contributed by atoms with Crippen LogP contribution in [0.2, 0.25) is 0 Å². The molecule has 0 fully saturated rings. The van der Waals surface area contributed by atoms with E-state index in [1.165, 1.54) is 0 Å². The molecule has 0 amide bonds. The minimum atomic E-state index is 0.144. The molecule has 0 aliphatic rings. The highest BCUT2D eigenvalue weighted by atomic mass is 16.3. The average molecular weight is 240 g/mol. The average Bonchev–Trinajstić information content (AvgIpc) is 2.34. The molecule has 18 heavy (non-hydrogen) atoms. The van der Waals surface area contributed by atoms with Crippen molar-refractivity contribution in [3.63, 3.8) is 0 Å². The predicted molar refractivity (Wildman–Crippen MR) is 73.7 cm³/mol. The lowest BCUT2D eigenvalue weighted by atomic mass is 10.1. The van der Waals surface area contributed by atoms with Gasteiger partial charge in [0.05, 0.1) is 0 Å². The fourth-order valence-electron chi connectivity index (χ4n) is 1.86. The van der Waals surface area contributed by atoms with Gasteiger partial charge in [0.2, 0.25) is 0 Å². The Labute approximate surface area is 107 Å². The summed E-state index contributed by atoms with van der Waals surface area (Å²) in [5, 5.41) is 19.6. The summed E-state index contributed by atoms with van der Waals surface area (Å²) >= 11 is 0. The lowest BCUT2D eigenvalue weighted by Gasteiger charge is -2.06. The molecule has 2 heteroatoms. The highest BCUT2D eigenvalue weighted by molar-refractivity contribution is 5.52. The van der Waals surface area contributed by atoms with Gasteiger partial charge in [0.15, 0.2) is 0 Å². The van der Waals surface area contributed by atoms with Crippen molar-refractivity contribution in [1.82, 2.24) is 0 Å².